The van der Waals surface area contributed by atoms with E-state index in [0.717, 1.165) is 24.5 Å². The number of nitrogen functional groups attached to an aromatic ring is 1. The fourth-order valence-corrected chi connectivity index (χ4v) is 3.53. The molecule has 3 N–H and O–H groups in total. The fraction of sp³-hybridized carbons (Fsp3) is 0.538. The Kier molecular flexibility index (Phi) is 4.17. The maximum atomic E-state index is 12.1. The number of nitrogens with zero attached hydrogens (tertiary/aromatic N) is 1. The van der Waals surface area contributed by atoms with Crippen molar-refractivity contribution >= 4 is 33.9 Å². The van der Waals surface area contributed by atoms with Gasteiger partial charge in [0.15, 0.2) is 0 Å². The van der Waals surface area contributed by atoms with Crippen LogP contribution < -0.4 is 16.0 Å². The zero-order valence-corrected chi connectivity index (χ0v) is 12.7. The van der Waals surface area contributed by atoms with E-state index in [1.165, 1.54) is 18.4 Å². The quantitative estimate of drug-likeness (QED) is 0.822. The molecule has 0 bridgehead atoms. The van der Waals surface area contributed by atoms with Gasteiger partial charge < -0.3 is 20.7 Å². The number of methoxy groups -OCH3 is 1. The van der Waals surface area contributed by atoms with Crippen LogP contribution in [-0.4, -0.2) is 39.1 Å². The maximum Gasteiger partial charge on any atom is 0.350 e. The first kappa shape index (κ1) is 14.6. The number of anilines is 2. The zero-order valence-electron chi connectivity index (χ0n) is 11.9. The summed E-state index contributed by atoms with van der Waals surface area (Å²) in [5.41, 5.74) is 6.57. The average Bonchev–Trinajstić information content (AvgIpc) is 3.01. The van der Waals surface area contributed by atoms with Crippen LogP contribution in [0.3, 0.4) is 0 Å². The molecule has 20 heavy (non-hydrogen) atoms. The summed E-state index contributed by atoms with van der Waals surface area (Å²) in [5.74, 6) is -0.211. The Morgan fingerprint density at radius 3 is 2.70 bits per heavy atom. The Labute approximate surface area is 121 Å². The van der Waals surface area contributed by atoms with Gasteiger partial charge >= 0.3 is 5.97 Å². The van der Waals surface area contributed by atoms with Gasteiger partial charge in [0.1, 0.15) is 9.88 Å². The van der Waals surface area contributed by atoms with Crippen molar-refractivity contribution in [2.24, 2.45) is 5.92 Å². The summed E-state index contributed by atoms with van der Waals surface area (Å²) in [5, 5.41) is 3.33. The van der Waals surface area contributed by atoms with Crippen LogP contribution >= 0.6 is 11.3 Å². The van der Waals surface area contributed by atoms with E-state index in [1.807, 2.05) is 0 Å². The number of hydrogen-bond acceptors (Lipinski definition) is 6. The predicted molar refractivity (Wildman–Crippen MR) is 79.5 cm³/mol. The summed E-state index contributed by atoms with van der Waals surface area (Å²) in [4.78, 5) is 26.2. The van der Waals surface area contributed by atoms with Crippen LogP contribution in [0.5, 0.6) is 0 Å². The van der Waals surface area contributed by atoms with Crippen LogP contribution in [0.2, 0.25) is 0 Å². The molecule has 1 fully saturated rings. The standard InChI is InChI=1S/C13H19N3O3S/c1-7-4-5-16(6-7)12-8(11(17)15-2)9(14)10(20-12)13(18)19-3/h7H,4-6,14H2,1-3H3,(H,15,17). The minimum Gasteiger partial charge on any atom is -0.465 e. The minimum atomic E-state index is -0.504. The Morgan fingerprint density at radius 1 is 1.50 bits per heavy atom. The molecule has 0 aromatic carbocycles. The summed E-state index contributed by atoms with van der Waals surface area (Å²) in [6.45, 7) is 3.90. The summed E-state index contributed by atoms with van der Waals surface area (Å²) < 4.78 is 4.72. The van der Waals surface area contributed by atoms with Crippen molar-refractivity contribution in [3.63, 3.8) is 0 Å². The highest BCUT2D eigenvalue weighted by Gasteiger charge is 2.30. The number of thiophene rings is 1. The number of hydrogen-bond donors (Lipinski definition) is 2. The molecule has 0 spiro atoms. The fourth-order valence-electron chi connectivity index (χ4n) is 2.36. The number of amides is 1. The van der Waals surface area contributed by atoms with Gasteiger partial charge in [-0.05, 0) is 12.3 Å². The molecule has 1 aliphatic rings. The number of nitrogens with one attached hydrogen (secondary N) is 1. The van der Waals surface area contributed by atoms with Gasteiger partial charge in [-0.25, -0.2) is 4.79 Å². The SMILES string of the molecule is CNC(=O)c1c(N2CCC(C)C2)sc(C(=O)OC)c1N. The molecule has 1 aromatic rings. The highest BCUT2D eigenvalue weighted by Crippen LogP contribution is 2.40. The lowest BCUT2D eigenvalue weighted by Crippen LogP contribution is -2.24. The highest BCUT2D eigenvalue weighted by molar-refractivity contribution is 7.19. The van der Waals surface area contributed by atoms with Crippen molar-refractivity contribution in [3.8, 4) is 0 Å². The molecule has 1 saturated heterocycles. The van der Waals surface area contributed by atoms with Crippen molar-refractivity contribution in [1.82, 2.24) is 5.32 Å². The van der Waals surface area contributed by atoms with E-state index in [4.69, 9.17) is 10.5 Å². The van der Waals surface area contributed by atoms with Gasteiger partial charge in [0, 0.05) is 20.1 Å². The molecule has 110 valence electrons. The lowest BCUT2D eigenvalue weighted by molar-refractivity contribution is 0.0607. The van der Waals surface area contributed by atoms with Crippen LogP contribution in [0.15, 0.2) is 0 Å². The van der Waals surface area contributed by atoms with Crippen molar-refractivity contribution in [2.75, 3.05) is 37.9 Å². The van der Waals surface area contributed by atoms with Crippen LogP contribution in [0.25, 0.3) is 0 Å². The smallest absolute Gasteiger partial charge is 0.350 e. The predicted octanol–water partition coefficient (Wildman–Crippen LogP) is 1.32. The molecule has 1 amide bonds. The van der Waals surface area contributed by atoms with Crippen LogP contribution in [0, 0.1) is 5.92 Å². The Morgan fingerprint density at radius 2 is 2.20 bits per heavy atom. The molecule has 2 rings (SSSR count). The number of carbonyl (C=O) groups is 2. The number of carbonyl (C=O) groups excluding carboxylic acids is 2. The molecule has 6 nitrogen and oxygen atoms in total. The second kappa shape index (κ2) is 5.70. The third-order valence-electron chi connectivity index (χ3n) is 3.46. The van der Waals surface area contributed by atoms with Crippen molar-refractivity contribution < 1.29 is 14.3 Å². The van der Waals surface area contributed by atoms with Gasteiger partial charge in [-0.1, -0.05) is 6.92 Å². The van der Waals surface area contributed by atoms with E-state index < -0.39 is 5.97 Å². The van der Waals surface area contributed by atoms with E-state index in [-0.39, 0.29) is 11.6 Å². The lowest BCUT2D eigenvalue weighted by Gasteiger charge is -2.17. The van der Waals surface area contributed by atoms with Crippen LogP contribution in [0.1, 0.15) is 33.4 Å². The molecular weight excluding hydrogens is 278 g/mol. The maximum absolute atomic E-state index is 12.1. The number of ether oxygens (including phenoxy) is 1. The second-order valence-electron chi connectivity index (χ2n) is 4.94. The highest BCUT2D eigenvalue weighted by atomic mass is 32.1. The van der Waals surface area contributed by atoms with Crippen molar-refractivity contribution in [3.05, 3.63) is 10.4 Å². The molecule has 0 radical (unpaired) electrons. The molecule has 0 aliphatic carbocycles. The number of rotatable bonds is 3. The molecule has 1 unspecified atom stereocenters. The summed E-state index contributed by atoms with van der Waals surface area (Å²) >= 11 is 1.23. The van der Waals surface area contributed by atoms with Gasteiger partial charge in [0.25, 0.3) is 5.91 Å². The number of esters is 1. The zero-order chi connectivity index (χ0) is 14.9. The van der Waals surface area contributed by atoms with Gasteiger partial charge in [0.05, 0.1) is 18.4 Å². The van der Waals surface area contributed by atoms with E-state index >= 15 is 0 Å². The van der Waals surface area contributed by atoms with Crippen molar-refractivity contribution in [1.29, 1.82) is 0 Å². The second-order valence-corrected chi connectivity index (χ2v) is 5.93. The van der Waals surface area contributed by atoms with Gasteiger partial charge in [0.2, 0.25) is 0 Å². The first-order chi connectivity index (χ1) is 9.49. The molecule has 7 heteroatoms. The first-order valence-electron chi connectivity index (χ1n) is 6.47. The monoisotopic (exact) mass is 297 g/mol. The third-order valence-corrected chi connectivity index (χ3v) is 4.71. The Hall–Kier alpha value is -1.76. The molecule has 0 saturated carbocycles. The molecule has 1 atom stereocenters. The van der Waals surface area contributed by atoms with E-state index in [9.17, 15) is 9.59 Å². The average molecular weight is 297 g/mol. The Balaban J connectivity index is 2.48. The third kappa shape index (κ3) is 2.45. The molecular formula is C13H19N3O3S. The molecule has 1 aliphatic heterocycles. The topological polar surface area (TPSA) is 84.7 Å². The molecule has 2 heterocycles. The van der Waals surface area contributed by atoms with E-state index in [1.54, 1.807) is 7.05 Å². The summed E-state index contributed by atoms with van der Waals surface area (Å²) in [6.07, 6.45) is 1.07. The van der Waals surface area contributed by atoms with Crippen LogP contribution in [-0.2, 0) is 4.74 Å². The largest absolute Gasteiger partial charge is 0.465 e. The van der Waals surface area contributed by atoms with E-state index in [2.05, 4.69) is 17.1 Å². The number of nitrogens with two attached hydrogens (primary N) is 1. The van der Waals surface area contributed by atoms with Gasteiger partial charge in [-0.15, -0.1) is 11.3 Å². The van der Waals surface area contributed by atoms with Gasteiger partial charge in [-0.3, -0.25) is 4.79 Å². The molecule has 1 aromatic heterocycles. The normalized spacial score (nSPS) is 18.1. The first-order valence-corrected chi connectivity index (χ1v) is 7.28. The van der Waals surface area contributed by atoms with Gasteiger partial charge in [-0.2, -0.15) is 0 Å². The van der Waals surface area contributed by atoms with E-state index in [0.29, 0.717) is 16.4 Å². The summed E-state index contributed by atoms with van der Waals surface area (Å²) in [7, 11) is 2.85. The van der Waals surface area contributed by atoms with Crippen molar-refractivity contribution in [2.45, 2.75) is 13.3 Å². The Bertz CT molecular complexity index is 541. The van der Waals surface area contributed by atoms with Crippen LogP contribution in [0.4, 0.5) is 10.7 Å². The lowest BCUT2D eigenvalue weighted by atomic mass is 10.2. The minimum absolute atomic E-state index is 0.204. The summed E-state index contributed by atoms with van der Waals surface area (Å²) in [6, 6.07) is 0.